The van der Waals surface area contributed by atoms with Crippen LogP contribution in [0.15, 0.2) is 12.1 Å². The fraction of sp³-hybridized carbons (Fsp3) is 0.333. The van der Waals surface area contributed by atoms with E-state index < -0.39 is 9.84 Å². The highest BCUT2D eigenvalue weighted by Gasteiger charge is 2.05. The molecule has 0 fully saturated rings. The minimum absolute atomic E-state index is 0.0877. The summed E-state index contributed by atoms with van der Waals surface area (Å²) in [5.41, 5.74) is 0. The van der Waals surface area contributed by atoms with Gasteiger partial charge in [0.15, 0.2) is 9.84 Å². The van der Waals surface area contributed by atoms with Crippen molar-refractivity contribution in [3.05, 3.63) is 21.3 Å². The molecule has 1 aromatic rings. The van der Waals surface area contributed by atoms with Gasteiger partial charge in [-0.1, -0.05) is 11.6 Å². The number of thiophene rings is 1. The van der Waals surface area contributed by atoms with Crippen molar-refractivity contribution in [3.63, 3.8) is 0 Å². The lowest BCUT2D eigenvalue weighted by molar-refractivity contribution is 0.601. The van der Waals surface area contributed by atoms with Gasteiger partial charge in [-0.2, -0.15) is 0 Å². The van der Waals surface area contributed by atoms with Gasteiger partial charge in [0.1, 0.15) is 0 Å². The highest BCUT2D eigenvalue weighted by molar-refractivity contribution is 7.90. The summed E-state index contributed by atoms with van der Waals surface area (Å²) in [7, 11) is -2.91. The van der Waals surface area contributed by atoms with E-state index in [4.69, 9.17) is 11.6 Å². The Morgan fingerprint density at radius 1 is 1.55 bits per heavy atom. The quantitative estimate of drug-likeness (QED) is 0.748. The first-order valence-corrected chi connectivity index (χ1v) is 6.15. The molecule has 0 aliphatic carbocycles. The van der Waals surface area contributed by atoms with Crippen LogP contribution in [0, 0.1) is 0 Å². The molecule has 0 aliphatic rings. The van der Waals surface area contributed by atoms with E-state index in [9.17, 15) is 8.42 Å². The third-order valence-electron chi connectivity index (χ3n) is 1.03. The molecule has 62 valence electrons. The van der Waals surface area contributed by atoms with Gasteiger partial charge in [-0.3, -0.25) is 0 Å². The number of sulfone groups is 1. The smallest absolute Gasteiger partial charge is 0.152 e. The highest BCUT2D eigenvalue weighted by atomic mass is 35.5. The molecular weight excluding hydrogens is 204 g/mol. The van der Waals surface area contributed by atoms with Crippen molar-refractivity contribution in [3.8, 4) is 0 Å². The Balaban J connectivity index is 2.81. The van der Waals surface area contributed by atoms with Gasteiger partial charge >= 0.3 is 0 Å². The monoisotopic (exact) mass is 210 g/mol. The van der Waals surface area contributed by atoms with E-state index in [-0.39, 0.29) is 5.75 Å². The van der Waals surface area contributed by atoms with Crippen LogP contribution in [0.1, 0.15) is 4.88 Å². The lowest BCUT2D eigenvalue weighted by Crippen LogP contribution is -1.97. The second kappa shape index (κ2) is 3.13. The molecule has 0 aliphatic heterocycles. The molecule has 2 nitrogen and oxygen atoms in total. The Morgan fingerprint density at radius 3 is 2.55 bits per heavy atom. The highest BCUT2D eigenvalue weighted by Crippen LogP contribution is 2.22. The molecule has 0 atom stereocenters. The Morgan fingerprint density at radius 2 is 2.18 bits per heavy atom. The van der Waals surface area contributed by atoms with Crippen LogP contribution in [0.25, 0.3) is 0 Å². The zero-order valence-electron chi connectivity index (χ0n) is 5.87. The molecule has 1 aromatic heterocycles. The third kappa shape index (κ3) is 3.22. The minimum atomic E-state index is -2.91. The average molecular weight is 211 g/mol. The fourth-order valence-electron chi connectivity index (χ4n) is 0.688. The molecule has 0 amide bonds. The number of rotatable bonds is 2. The van der Waals surface area contributed by atoms with Gasteiger partial charge in [0.2, 0.25) is 0 Å². The molecule has 0 unspecified atom stereocenters. The van der Waals surface area contributed by atoms with Crippen molar-refractivity contribution in [1.29, 1.82) is 0 Å². The molecule has 0 saturated carbocycles. The van der Waals surface area contributed by atoms with Crippen LogP contribution >= 0.6 is 22.9 Å². The van der Waals surface area contributed by atoms with E-state index in [1.54, 1.807) is 12.1 Å². The summed E-state index contributed by atoms with van der Waals surface area (Å²) in [6.45, 7) is 0. The van der Waals surface area contributed by atoms with Crippen LogP contribution in [-0.2, 0) is 15.6 Å². The zero-order valence-corrected chi connectivity index (χ0v) is 8.26. The molecule has 0 radical (unpaired) electrons. The van der Waals surface area contributed by atoms with E-state index in [1.807, 2.05) is 0 Å². The molecule has 0 saturated heterocycles. The van der Waals surface area contributed by atoms with E-state index in [0.29, 0.717) is 4.34 Å². The van der Waals surface area contributed by atoms with E-state index in [1.165, 1.54) is 17.6 Å². The number of halogens is 1. The molecule has 0 spiro atoms. The van der Waals surface area contributed by atoms with Crippen LogP contribution in [0.3, 0.4) is 0 Å². The predicted molar refractivity (Wildman–Crippen MR) is 47.9 cm³/mol. The van der Waals surface area contributed by atoms with Crippen molar-refractivity contribution in [2.24, 2.45) is 0 Å². The van der Waals surface area contributed by atoms with Gasteiger partial charge in [-0.05, 0) is 12.1 Å². The summed E-state index contributed by atoms with van der Waals surface area (Å²) in [6, 6.07) is 3.43. The fourth-order valence-corrected chi connectivity index (χ4v) is 3.06. The van der Waals surface area contributed by atoms with Crippen LogP contribution in [0.4, 0.5) is 0 Å². The van der Waals surface area contributed by atoms with Crippen molar-refractivity contribution >= 4 is 32.8 Å². The Hall–Kier alpha value is -0.0600. The van der Waals surface area contributed by atoms with Crippen molar-refractivity contribution in [2.45, 2.75) is 5.75 Å². The van der Waals surface area contributed by atoms with Crippen LogP contribution < -0.4 is 0 Å². The van der Waals surface area contributed by atoms with E-state index in [2.05, 4.69) is 0 Å². The normalized spacial score (nSPS) is 11.8. The first-order chi connectivity index (χ1) is 4.97. The summed E-state index contributed by atoms with van der Waals surface area (Å²) in [6.07, 6.45) is 1.21. The molecule has 5 heteroatoms. The second-order valence-electron chi connectivity index (χ2n) is 2.28. The van der Waals surface area contributed by atoms with Gasteiger partial charge in [0.25, 0.3) is 0 Å². The number of hydrogen-bond donors (Lipinski definition) is 0. The molecule has 0 aromatic carbocycles. The van der Waals surface area contributed by atoms with Gasteiger partial charge < -0.3 is 0 Å². The van der Waals surface area contributed by atoms with Gasteiger partial charge in [0, 0.05) is 11.1 Å². The molecule has 0 bridgehead atoms. The molecule has 1 rings (SSSR count). The van der Waals surface area contributed by atoms with Crippen molar-refractivity contribution in [2.75, 3.05) is 6.26 Å². The second-order valence-corrected chi connectivity index (χ2v) is 6.22. The third-order valence-corrected chi connectivity index (χ3v) is 3.28. The largest absolute Gasteiger partial charge is 0.229 e. The molecule has 0 N–H and O–H groups in total. The molecule has 11 heavy (non-hydrogen) atoms. The maximum Gasteiger partial charge on any atom is 0.152 e. The Kier molecular flexibility index (Phi) is 2.57. The van der Waals surface area contributed by atoms with E-state index in [0.717, 1.165) is 4.88 Å². The molecular formula is C6H7ClO2S2. The summed E-state index contributed by atoms with van der Waals surface area (Å²) >= 11 is 6.91. The maximum absolute atomic E-state index is 10.8. The first kappa shape index (κ1) is 9.03. The molecule has 1 heterocycles. The summed E-state index contributed by atoms with van der Waals surface area (Å²) < 4.78 is 22.2. The van der Waals surface area contributed by atoms with Crippen LogP contribution in [-0.4, -0.2) is 14.7 Å². The zero-order chi connectivity index (χ0) is 8.48. The Bertz CT molecular complexity index is 339. The topological polar surface area (TPSA) is 34.1 Å². The van der Waals surface area contributed by atoms with Crippen LogP contribution in [0.2, 0.25) is 4.34 Å². The van der Waals surface area contributed by atoms with Crippen molar-refractivity contribution < 1.29 is 8.42 Å². The lowest BCUT2D eigenvalue weighted by atomic mass is 10.5. The van der Waals surface area contributed by atoms with Gasteiger partial charge in [-0.25, -0.2) is 8.42 Å². The number of hydrogen-bond acceptors (Lipinski definition) is 3. The van der Waals surface area contributed by atoms with Crippen molar-refractivity contribution in [1.82, 2.24) is 0 Å². The summed E-state index contributed by atoms with van der Waals surface area (Å²) in [5.74, 6) is 0.0877. The van der Waals surface area contributed by atoms with Gasteiger partial charge in [0.05, 0.1) is 10.1 Å². The summed E-state index contributed by atoms with van der Waals surface area (Å²) in [5, 5.41) is 0. The first-order valence-electron chi connectivity index (χ1n) is 2.89. The maximum atomic E-state index is 10.8. The lowest BCUT2D eigenvalue weighted by Gasteiger charge is -1.91. The van der Waals surface area contributed by atoms with Crippen LogP contribution in [0.5, 0.6) is 0 Å². The van der Waals surface area contributed by atoms with E-state index >= 15 is 0 Å². The average Bonchev–Trinajstić information content (AvgIpc) is 2.10. The Labute approximate surface area is 74.7 Å². The standard InChI is InChI=1S/C6H7ClO2S2/c1-11(8,9)4-5-2-3-6(7)10-5/h2-3H,4H2,1H3. The SMILES string of the molecule is CS(=O)(=O)Cc1ccc(Cl)s1. The summed E-state index contributed by atoms with van der Waals surface area (Å²) in [4.78, 5) is 0.789. The predicted octanol–water partition coefficient (Wildman–Crippen LogP) is 1.95. The minimum Gasteiger partial charge on any atom is -0.229 e. The van der Waals surface area contributed by atoms with Gasteiger partial charge in [-0.15, -0.1) is 11.3 Å².